The van der Waals surface area contributed by atoms with E-state index in [0.29, 0.717) is 27.7 Å². The van der Waals surface area contributed by atoms with Crippen LogP contribution in [-0.4, -0.2) is 51.4 Å². The van der Waals surface area contributed by atoms with Gasteiger partial charge in [-0.1, -0.05) is 19.1 Å². The molecule has 0 spiro atoms. The number of rotatable bonds is 9. The van der Waals surface area contributed by atoms with E-state index in [1.807, 2.05) is 6.92 Å². The summed E-state index contributed by atoms with van der Waals surface area (Å²) in [4.78, 5) is 39.1. The minimum atomic E-state index is -4.56. The molecule has 0 N–H and O–H groups in total. The van der Waals surface area contributed by atoms with Gasteiger partial charge in [-0.25, -0.2) is 9.97 Å². The molecule has 0 amide bonds. The van der Waals surface area contributed by atoms with Gasteiger partial charge in [-0.05, 0) is 41.1 Å². The third-order valence-electron chi connectivity index (χ3n) is 5.97. The molecular weight excluding hydrogens is 549 g/mol. The van der Waals surface area contributed by atoms with Crippen molar-refractivity contribution in [2.45, 2.75) is 30.5 Å². The summed E-state index contributed by atoms with van der Waals surface area (Å²) in [5.41, 5.74) is 0.682. The molecule has 9 nitrogen and oxygen atoms in total. The molecule has 0 saturated heterocycles. The van der Waals surface area contributed by atoms with Crippen LogP contribution < -0.4 is 4.74 Å². The van der Waals surface area contributed by atoms with Gasteiger partial charge in [0.05, 0.1) is 19.8 Å². The van der Waals surface area contributed by atoms with Gasteiger partial charge >= 0.3 is 18.1 Å². The van der Waals surface area contributed by atoms with Crippen LogP contribution in [0.15, 0.2) is 53.7 Å². The van der Waals surface area contributed by atoms with Crippen molar-refractivity contribution in [3.05, 3.63) is 65.5 Å². The minimum absolute atomic E-state index is 0.0557. The largest absolute Gasteiger partial charge is 0.497 e. The molecule has 0 aliphatic rings. The molecular formula is C27H25F3N4O5S. The zero-order valence-corrected chi connectivity index (χ0v) is 22.8. The lowest BCUT2D eigenvalue weighted by Gasteiger charge is -2.16. The molecule has 0 bridgehead atoms. The normalized spacial score (nSPS) is 12.3. The van der Waals surface area contributed by atoms with Crippen molar-refractivity contribution in [2.24, 2.45) is 7.05 Å². The number of aryl methyl sites for hydroxylation is 1. The maximum atomic E-state index is 13.2. The van der Waals surface area contributed by atoms with Crippen molar-refractivity contribution >= 4 is 34.9 Å². The first-order valence-corrected chi connectivity index (χ1v) is 13.0. The second-order valence-corrected chi connectivity index (χ2v) is 9.83. The molecule has 0 saturated carbocycles. The number of thioether (sulfide) groups is 1. The van der Waals surface area contributed by atoms with Crippen LogP contribution in [0, 0.1) is 0 Å². The Bertz CT molecular complexity index is 1540. The lowest BCUT2D eigenvalue weighted by atomic mass is 10.0. The molecule has 3 aromatic heterocycles. The lowest BCUT2D eigenvalue weighted by Crippen LogP contribution is -2.25. The van der Waals surface area contributed by atoms with Crippen LogP contribution in [0.3, 0.4) is 0 Å². The third kappa shape index (κ3) is 6.03. The van der Waals surface area contributed by atoms with Crippen LogP contribution in [0.5, 0.6) is 5.75 Å². The van der Waals surface area contributed by atoms with Crippen LogP contribution >= 0.6 is 11.8 Å². The molecule has 0 radical (unpaired) electrons. The first kappa shape index (κ1) is 28.9. The second kappa shape index (κ2) is 11.9. The maximum absolute atomic E-state index is 13.2. The smallest absolute Gasteiger partial charge is 0.417 e. The third-order valence-corrected chi connectivity index (χ3v) is 6.88. The molecule has 1 atom stereocenters. The van der Waals surface area contributed by atoms with Crippen LogP contribution in [0.1, 0.15) is 29.5 Å². The molecule has 0 aliphatic carbocycles. The fourth-order valence-corrected chi connectivity index (χ4v) is 4.75. The van der Waals surface area contributed by atoms with Crippen molar-refractivity contribution in [1.82, 2.24) is 19.5 Å². The van der Waals surface area contributed by atoms with E-state index in [1.165, 1.54) is 29.6 Å². The number of carbonyl (C=O) groups excluding carboxylic acids is 2. The maximum Gasteiger partial charge on any atom is 0.417 e. The highest BCUT2D eigenvalue weighted by Crippen LogP contribution is 2.35. The van der Waals surface area contributed by atoms with Crippen LogP contribution in [0.25, 0.3) is 22.7 Å². The first-order chi connectivity index (χ1) is 19.1. The number of carbonyl (C=O) groups is 2. The number of halogens is 3. The van der Waals surface area contributed by atoms with Gasteiger partial charge in [0.25, 0.3) is 0 Å². The predicted molar refractivity (Wildman–Crippen MR) is 141 cm³/mol. The monoisotopic (exact) mass is 574 g/mol. The fourth-order valence-electron chi connectivity index (χ4n) is 3.94. The highest BCUT2D eigenvalue weighted by molar-refractivity contribution is 7.99. The predicted octanol–water partition coefficient (Wildman–Crippen LogP) is 5.17. The summed E-state index contributed by atoms with van der Waals surface area (Å²) in [6.07, 6.45) is -2.48. The number of alkyl halides is 3. The topological polar surface area (TPSA) is 105 Å². The van der Waals surface area contributed by atoms with Crippen LogP contribution in [0.2, 0.25) is 0 Å². The highest BCUT2D eigenvalue weighted by Gasteiger charge is 2.34. The average Bonchev–Trinajstić information content (AvgIpc) is 3.27. The SMILES string of the molecule is CCSc1cc(C(C(=O)OC)C(=O)OCc2ccc(OC)cc2)cnc1-c1nc2cc(C(F)(F)F)cnc2n1C. The zero-order valence-electron chi connectivity index (χ0n) is 22.0. The Morgan fingerprint density at radius 3 is 2.40 bits per heavy atom. The number of benzene rings is 1. The zero-order chi connectivity index (χ0) is 29.0. The minimum Gasteiger partial charge on any atom is -0.497 e. The molecule has 40 heavy (non-hydrogen) atoms. The molecule has 1 aromatic carbocycles. The Balaban J connectivity index is 1.68. The molecule has 3 heterocycles. The molecule has 210 valence electrons. The van der Waals surface area contributed by atoms with Gasteiger partial charge in [-0.15, -0.1) is 11.8 Å². The number of imidazole rings is 1. The van der Waals surface area contributed by atoms with E-state index < -0.39 is 29.6 Å². The van der Waals surface area contributed by atoms with Gasteiger partial charge < -0.3 is 18.8 Å². The number of aromatic nitrogens is 4. The number of ether oxygens (including phenoxy) is 3. The lowest BCUT2D eigenvalue weighted by molar-refractivity contribution is -0.156. The van der Waals surface area contributed by atoms with Gasteiger partial charge in [0, 0.05) is 24.3 Å². The van der Waals surface area contributed by atoms with Crippen LogP contribution in [0.4, 0.5) is 13.2 Å². The van der Waals surface area contributed by atoms with Gasteiger partial charge in [-0.3, -0.25) is 14.6 Å². The van der Waals surface area contributed by atoms with Crippen molar-refractivity contribution in [1.29, 1.82) is 0 Å². The Labute approximate surface area is 231 Å². The average molecular weight is 575 g/mol. The first-order valence-electron chi connectivity index (χ1n) is 12.0. The number of hydrogen-bond acceptors (Lipinski definition) is 9. The Morgan fingerprint density at radius 1 is 1.05 bits per heavy atom. The van der Waals surface area contributed by atoms with Gasteiger partial charge in [0.2, 0.25) is 0 Å². The van der Waals surface area contributed by atoms with E-state index >= 15 is 0 Å². The van der Waals surface area contributed by atoms with Crippen molar-refractivity contribution in [2.75, 3.05) is 20.0 Å². The van der Waals surface area contributed by atoms with E-state index in [-0.39, 0.29) is 29.2 Å². The number of methoxy groups -OCH3 is 2. The summed E-state index contributed by atoms with van der Waals surface area (Å²) < 4.78 is 56.6. The quantitative estimate of drug-likeness (QED) is 0.152. The summed E-state index contributed by atoms with van der Waals surface area (Å²) in [6.45, 7) is 1.82. The van der Waals surface area contributed by atoms with E-state index in [1.54, 1.807) is 37.4 Å². The molecule has 0 fully saturated rings. The molecule has 4 rings (SSSR count). The summed E-state index contributed by atoms with van der Waals surface area (Å²) in [6, 6.07) is 9.44. The van der Waals surface area contributed by atoms with Gasteiger partial charge in [0.15, 0.2) is 17.4 Å². The number of nitrogens with zero attached hydrogens (tertiary/aromatic N) is 4. The number of esters is 2. The van der Waals surface area contributed by atoms with Crippen LogP contribution in [-0.2, 0) is 38.9 Å². The summed E-state index contributed by atoms with van der Waals surface area (Å²) in [5, 5.41) is 0. The number of pyridine rings is 2. The summed E-state index contributed by atoms with van der Waals surface area (Å²) >= 11 is 1.37. The highest BCUT2D eigenvalue weighted by atomic mass is 32.2. The van der Waals surface area contributed by atoms with E-state index in [4.69, 9.17) is 14.2 Å². The summed E-state index contributed by atoms with van der Waals surface area (Å²) in [5.74, 6) is -1.53. The number of hydrogen-bond donors (Lipinski definition) is 0. The molecule has 1 unspecified atom stereocenters. The van der Waals surface area contributed by atoms with Crippen molar-refractivity contribution < 1.29 is 37.0 Å². The molecule has 13 heteroatoms. The van der Waals surface area contributed by atoms with Gasteiger partial charge in [0.1, 0.15) is 23.6 Å². The van der Waals surface area contributed by atoms with E-state index in [9.17, 15) is 22.8 Å². The van der Waals surface area contributed by atoms with Gasteiger partial charge in [-0.2, -0.15) is 13.2 Å². The summed E-state index contributed by atoms with van der Waals surface area (Å²) in [7, 11) is 4.32. The van der Waals surface area contributed by atoms with Crippen molar-refractivity contribution in [3.63, 3.8) is 0 Å². The number of fused-ring (bicyclic) bond motifs is 1. The Hall–Kier alpha value is -4.13. The Kier molecular flexibility index (Phi) is 8.62. The standard InChI is InChI=1S/C27H25F3N4O5S/c1-5-40-20-10-16(21(25(35)38-4)26(36)39-14-15-6-8-18(37-3)9-7-15)12-31-22(20)24-33-19-11-17(27(28,29)30)13-32-23(19)34(24)2/h6-13,21H,5,14H2,1-4H3. The molecule has 4 aromatic rings. The second-order valence-electron chi connectivity index (χ2n) is 8.52. The fraction of sp³-hybridized carbons (Fsp3) is 0.296. The molecule has 0 aliphatic heterocycles. The van der Waals surface area contributed by atoms with Crippen molar-refractivity contribution in [3.8, 4) is 17.3 Å². The van der Waals surface area contributed by atoms with E-state index in [0.717, 1.165) is 19.4 Å². The Morgan fingerprint density at radius 2 is 1.77 bits per heavy atom. The van der Waals surface area contributed by atoms with E-state index in [2.05, 4.69) is 15.0 Å².